The molecule has 0 radical (unpaired) electrons. The average molecular weight is 265 g/mol. The Morgan fingerprint density at radius 1 is 1.44 bits per heavy atom. The Kier molecular flexibility index (Phi) is 3.52. The van der Waals surface area contributed by atoms with Crippen LogP contribution in [0.15, 0.2) is 23.4 Å². The number of rotatable bonds is 5. The van der Waals surface area contributed by atoms with Crippen molar-refractivity contribution in [1.82, 2.24) is 9.97 Å². The van der Waals surface area contributed by atoms with Gasteiger partial charge in [-0.2, -0.15) is 0 Å². The Bertz CT molecular complexity index is 609. The smallest absolute Gasteiger partial charge is 0.335 e. The van der Waals surface area contributed by atoms with Crippen LogP contribution in [0.1, 0.15) is 16.8 Å². The highest BCUT2D eigenvalue weighted by Crippen LogP contribution is 2.20. The van der Waals surface area contributed by atoms with Crippen LogP contribution < -0.4 is 5.73 Å². The number of nitrogens with zero attached hydrogens (tertiary/aromatic N) is 1. The molecular formula is C11H11N3O3S. The number of amides is 1. The number of nitrogens with one attached hydrogen (secondary N) is 1. The number of thioether (sulfide) groups is 1. The van der Waals surface area contributed by atoms with Gasteiger partial charge in [-0.25, -0.2) is 9.78 Å². The highest BCUT2D eigenvalue weighted by Gasteiger charge is 2.08. The van der Waals surface area contributed by atoms with E-state index in [0.717, 1.165) is 0 Å². The first kappa shape index (κ1) is 12.4. The SMILES string of the molecule is NC(=O)CCSc1nc2ccc(C(=O)O)cc2[nH]1. The molecule has 2 rings (SSSR count). The largest absolute Gasteiger partial charge is 0.478 e. The van der Waals surface area contributed by atoms with Gasteiger partial charge in [-0.05, 0) is 18.2 Å². The van der Waals surface area contributed by atoms with Crippen molar-refractivity contribution in [2.45, 2.75) is 11.6 Å². The van der Waals surface area contributed by atoms with E-state index in [0.29, 0.717) is 21.9 Å². The molecule has 0 saturated heterocycles. The second kappa shape index (κ2) is 5.09. The Balaban J connectivity index is 2.16. The molecule has 4 N–H and O–H groups in total. The van der Waals surface area contributed by atoms with Gasteiger partial charge in [-0.15, -0.1) is 0 Å². The number of carbonyl (C=O) groups excluding carboxylic acids is 1. The summed E-state index contributed by atoms with van der Waals surface area (Å²) in [5, 5.41) is 9.51. The first-order valence-corrected chi connectivity index (χ1v) is 6.19. The van der Waals surface area contributed by atoms with Crippen LogP contribution in [-0.4, -0.2) is 32.7 Å². The number of H-pyrrole nitrogens is 1. The zero-order chi connectivity index (χ0) is 13.1. The summed E-state index contributed by atoms with van der Waals surface area (Å²) in [5.74, 6) is -0.790. The summed E-state index contributed by atoms with van der Waals surface area (Å²) in [5.41, 5.74) is 6.60. The number of hydrogen-bond acceptors (Lipinski definition) is 4. The van der Waals surface area contributed by atoms with Crippen LogP contribution in [0.25, 0.3) is 11.0 Å². The Morgan fingerprint density at radius 3 is 2.89 bits per heavy atom. The average Bonchev–Trinajstić information content (AvgIpc) is 2.69. The van der Waals surface area contributed by atoms with Crippen LogP contribution in [0.2, 0.25) is 0 Å². The molecule has 1 heterocycles. The van der Waals surface area contributed by atoms with Crippen LogP contribution in [0.4, 0.5) is 0 Å². The van der Waals surface area contributed by atoms with Crippen LogP contribution in [-0.2, 0) is 4.79 Å². The molecule has 94 valence electrons. The first-order chi connectivity index (χ1) is 8.56. The molecule has 0 spiro atoms. The van der Waals surface area contributed by atoms with Crippen LogP contribution in [0, 0.1) is 0 Å². The zero-order valence-corrected chi connectivity index (χ0v) is 10.2. The van der Waals surface area contributed by atoms with E-state index in [-0.39, 0.29) is 17.9 Å². The number of aromatic carboxylic acids is 1. The van der Waals surface area contributed by atoms with Crippen LogP contribution >= 0.6 is 11.8 Å². The van der Waals surface area contributed by atoms with Crippen molar-refractivity contribution in [1.29, 1.82) is 0 Å². The van der Waals surface area contributed by atoms with E-state index in [1.165, 1.54) is 23.9 Å². The molecule has 0 aliphatic rings. The number of hydrogen-bond donors (Lipinski definition) is 3. The molecule has 0 saturated carbocycles. The molecule has 6 nitrogen and oxygen atoms in total. The van der Waals surface area contributed by atoms with Crippen molar-refractivity contribution in [3.63, 3.8) is 0 Å². The fourth-order valence-corrected chi connectivity index (χ4v) is 2.28. The van der Waals surface area contributed by atoms with Gasteiger partial charge in [0.1, 0.15) is 0 Å². The quantitative estimate of drug-likeness (QED) is 0.704. The lowest BCUT2D eigenvalue weighted by atomic mass is 10.2. The van der Waals surface area contributed by atoms with E-state index in [4.69, 9.17) is 10.8 Å². The van der Waals surface area contributed by atoms with Crippen molar-refractivity contribution in [3.8, 4) is 0 Å². The summed E-state index contributed by atoms with van der Waals surface area (Å²) < 4.78 is 0. The number of carbonyl (C=O) groups is 2. The molecule has 0 fully saturated rings. The van der Waals surface area contributed by atoms with Gasteiger partial charge in [0.15, 0.2) is 5.16 Å². The summed E-state index contributed by atoms with van der Waals surface area (Å²) in [4.78, 5) is 28.7. The number of imidazole rings is 1. The minimum Gasteiger partial charge on any atom is -0.478 e. The van der Waals surface area contributed by atoms with Gasteiger partial charge in [0.2, 0.25) is 5.91 Å². The molecule has 0 atom stereocenters. The van der Waals surface area contributed by atoms with Crippen molar-refractivity contribution >= 4 is 34.7 Å². The molecule has 18 heavy (non-hydrogen) atoms. The molecule has 7 heteroatoms. The highest BCUT2D eigenvalue weighted by atomic mass is 32.2. The van der Waals surface area contributed by atoms with E-state index in [2.05, 4.69) is 9.97 Å². The Labute approximate surface area is 107 Å². The van der Waals surface area contributed by atoms with Gasteiger partial charge in [0, 0.05) is 12.2 Å². The van der Waals surface area contributed by atoms with E-state index in [9.17, 15) is 9.59 Å². The summed E-state index contributed by atoms with van der Waals surface area (Å²) in [6.07, 6.45) is 0.280. The number of fused-ring (bicyclic) bond motifs is 1. The molecule has 2 aromatic rings. The normalized spacial score (nSPS) is 10.7. The summed E-state index contributed by atoms with van der Waals surface area (Å²) in [6, 6.07) is 4.68. The van der Waals surface area contributed by atoms with Crippen molar-refractivity contribution in [2.75, 3.05) is 5.75 Å². The second-order valence-corrected chi connectivity index (χ2v) is 4.73. The maximum absolute atomic E-state index is 10.8. The third-order valence-corrected chi connectivity index (χ3v) is 3.17. The minimum absolute atomic E-state index is 0.208. The molecule has 0 unspecified atom stereocenters. The maximum Gasteiger partial charge on any atom is 0.335 e. The first-order valence-electron chi connectivity index (χ1n) is 5.20. The molecule has 1 aromatic carbocycles. The number of nitrogens with two attached hydrogens (primary N) is 1. The topological polar surface area (TPSA) is 109 Å². The van der Waals surface area contributed by atoms with Crippen LogP contribution in [0.5, 0.6) is 0 Å². The summed E-state index contributed by atoms with van der Waals surface area (Å²) in [6.45, 7) is 0. The summed E-state index contributed by atoms with van der Waals surface area (Å²) in [7, 11) is 0. The number of carboxylic acids is 1. The van der Waals surface area contributed by atoms with Gasteiger partial charge >= 0.3 is 5.97 Å². The van der Waals surface area contributed by atoms with Gasteiger partial charge < -0.3 is 15.8 Å². The van der Waals surface area contributed by atoms with Gasteiger partial charge in [0.25, 0.3) is 0 Å². The minimum atomic E-state index is -0.977. The van der Waals surface area contributed by atoms with Gasteiger partial charge in [0.05, 0.1) is 16.6 Å². The number of benzene rings is 1. The van der Waals surface area contributed by atoms with E-state index < -0.39 is 5.97 Å². The lowest BCUT2D eigenvalue weighted by Crippen LogP contribution is -2.10. The van der Waals surface area contributed by atoms with E-state index in [1.807, 2.05) is 0 Å². The third kappa shape index (κ3) is 2.80. The third-order valence-electron chi connectivity index (χ3n) is 2.29. The highest BCUT2D eigenvalue weighted by molar-refractivity contribution is 7.99. The zero-order valence-electron chi connectivity index (χ0n) is 9.34. The maximum atomic E-state index is 10.8. The fourth-order valence-electron chi connectivity index (χ4n) is 1.44. The van der Waals surface area contributed by atoms with Crippen molar-refractivity contribution in [2.24, 2.45) is 5.73 Å². The second-order valence-electron chi connectivity index (χ2n) is 3.64. The number of primary amides is 1. The van der Waals surface area contributed by atoms with E-state index in [1.54, 1.807) is 6.07 Å². The van der Waals surface area contributed by atoms with E-state index >= 15 is 0 Å². The molecule has 0 aliphatic carbocycles. The predicted octanol–water partition coefficient (Wildman–Crippen LogP) is 1.23. The molecular weight excluding hydrogens is 254 g/mol. The molecule has 0 aliphatic heterocycles. The lowest BCUT2D eigenvalue weighted by molar-refractivity contribution is -0.117. The molecule has 1 aromatic heterocycles. The fraction of sp³-hybridized carbons (Fsp3) is 0.182. The number of aromatic nitrogens is 2. The van der Waals surface area contributed by atoms with Gasteiger partial charge in [-0.3, -0.25) is 4.79 Å². The molecule has 0 bridgehead atoms. The van der Waals surface area contributed by atoms with Gasteiger partial charge in [-0.1, -0.05) is 11.8 Å². The van der Waals surface area contributed by atoms with Crippen LogP contribution in [0.3, 0.4) is 0 Å². The number of carboxylic acid groups (broad SMARTS) is 1. The van der Waals surface area contributed by atoms with Crippen molar-refractivity contribution in [3.05, 3.63) is 23.8 Å². The summed E-state index contributed by atoms with van der Waals surface area (Å²) >= 11 is 1.37. The number of aromatic amines is 1. The lowest BCUT2D eigenvalue weighted by Gasteiger charge is -1.93. The predicted molar refractivity (Wildman–Crippen MR) is 67.6 cm³/mol. The Hall–Kier alpha value is -2.02. The standard InChI is InChI=1S/C11H11N3O3S/c12-9(15)3-4-18-11-13-7-2-1-6(10(16)17)5-8(7)14-11/h1-2,5H,3-4H2,(H2,12,15)(H,13,14)(H,16,17). The monoisotopic (exact) mass is 265 g/mol. The molecule has 1 amide bonds. The Morgan fingerprint density at radius 2 is 2.22 bits per heavy atom. The van der Waals surface area contributed by atoms with Crippen molar-refractivity contribution < 1.29 is 14.7 Å².